The number of aliphatic carboxylic acids is 1. The molecule has 0 radical (unpaired) electrons. The second-order valence-corrected chi connectivity index (χ2v) is 6.58. The van der Waals surface area contributed by atoms with Gasteiger partial charge in [0.05, 0.1) is 0 Å². The molecule has 1 aromatic heterocycles. The lowest BCUT2D eigenvalue weighted by Gasteiger charge is -2.16. The van der Waals surface area contributed by atoms with Crippen molar-refractivity contribution >= 4 is 16.0 Å². The molecule has 0 bridgehead atoms. The highest BCUT2D eigenvalue weighted by Crippen LogP contribution is 2.10. The second kappa shape index (κ2) is 6.16. The molecular formula is C11H18N2O5S. The Bertz CT molecular complexity index is 535. The summed E-state index contributed by atoms with van der Waals surface area (Å²) < 4.78 is 30.6. The van der Waals surface area contributed by atoms with Gasteiger partial charge >= 0.3 is 5.97 Å². The fourth-order valence-corrected chi connectivity index (χ4v) is 2.85. The molecule has 19 heavy (non-hydrogen) atoms. The first kappa shape index (κ1) is 15.6. The monoisotopic (exact) mass is 290 g/mol. The molecule has 7 nitrogen and oxygen atoms in total. The predicted molar refractivity (Wildman–Crippen MR) is 67.9 cm³/mol. The summed E-state index contributed by atoms with van der Waals surface area (Å²) in [5.41, 5.74) is 0.249. The molecule has 0 aliphatic rings. The molecule has 0 amide bonds. The lowest BCUT2D eigenvalue weighted by atomic mass is 10.1. The number of aromatic nitrogens is 1. The molecule has 0 aromatic carbocycles. The average Bonchev–Trinajstić information content (AvgIpc) is 2.60. The molecular weight excluding hydrogens is 272 g/mol. The van der Waals surface area contributed by atoms with Gasteiger partial charge in [0, 0.05) is 6.07 Å². The van der Waals surface area contributed by atoms with Gasteiger partial charge in [0.25, 0.3) is 0 Å². The van der Waals surface area contributed by atoms with Crippen molar-refractivity contribution in [3.63, 3.8) is 0 Å². The van der Waals surface area contributed by atoms with E-state index in [0.29, 0.717) is 5.76 Å². The highest BCUT2D eigenvalue weighted by molar-refractivity contribution is 7.88. The molecule has 8 heteroatoms. The van der Waals surface area contributed by atoms with E-state index in [1.54, 1.807) is 6.92 Å². The summed E-state index contributed by atoms with van der Waals surface area (Å²) in [7, 11) is -3.76. The first-order valence-electron chi connectivity index (χ1n) is 5.84. The maximum absolute atomic E-state index is 11.8. The summed E-state index contributed by atoms with van der Waals surface area (Å²) in [5.74, 6) is -1.01. The molecule has 0 aliphatic carbocycles. The van der Waals surface area contributed by atoms with Crippen LogP contribution in [-0.4, -0.2) is 30.7 Å². The topological polar surface area (TPSA) is 110 Å². The SMILES string of the molecule is Cc1cc(CS(=O)(=O)N[C@H](CC(C)C)C(=O)O)no1. The van der Waals surface area contributed by atoms with Crippen LogP contribution in [0, 0.1) is 12.8 Å². The molecule has 2 N–H and O–H groups in total. The summed E-state index contributed by atoms with van der Waals surface area (Å²) >= 11 is 0. The Morgan fingerprint density at radius 2 is 2.16 bits per heavy atom. The van der Waals surface area contributed by atoms with Gasteiger partial charge in [-0.05, 0) is 19.3 Å². The Morgan fingerprint density at radius 3 is 2.58 bits per heavy atom. The van der Waals surface area contributed by atoms with Gasteiger partial charge in [0.15, 0.2) is 0 Å². The van der Waals surface area contributed by atoms with E-state index in [2.05, 4.69) is 9.88 Å². The minimum absolute atomic E-state index is 0.0677. The lowest BCUT2D eigenvalue weighted by molar-refractivity contribution is -0.139. The van der Waals surface area contributed by atoms with Gasteiger partial charge in [-0.15, -0.1) is 0 Å². The van der Waals surface area contributed by atoms with Crippen LogP contribution >= 0.6 is 0 Å². The molecule has 0 saturated heterocycles. The van der Waals surface area contributed by atoms with E-state index < -0.39 is 27.8 Å². The van der Waals surface area contributed by atoms with Crippen molar-refractivity contribution in [3.05, 3.63) is 17.5 Å². The highest BCUT2D eigenvalue weighted by atomic mass is 32.2. The summed E-state index contributed by atoms with van der Waals surface area (Å²) in [5, 5.41) is 12.6. The second-order valence-electron chi connectivity index (χ2n) is 4.83. The van der Waals surface area contributed by atoms with Gasteiger partial charge < -0.3 is 9.63 Å². The molecule has 1 rings (SSSR count). The van der Waals surface area contributed by atoms with Crippen LogP contribution in [0.4, 0.5) is 0 Å². The number of sulfonamides is 1. The first-order valence-corrected chi connectivity index (χ1v) is 7.50. The van der Waals surface area contributed by atoms with Crippen LogP contribution in [0.1, 0.15) is 31.7 Å². The molecule has 1 heterocycles. The number of carboxylic acids is 1. The minimum atomic E-state index is -3.76. The lowest BCUT2D eigenvalue weighted by Crippen LogP contribution is -2.42. The van der Waals surface area contributed by atoms with E-state index in [0.717, 1.165) is 0 Å². The van der Waals surface area contributed by atoms with Crippen LogP contribution in [0.5, 0.6) is 0 Å². The quantitative estimate of drug-likeness (QED) is 0.772. The minimum Gasteiger partial charge on any atom is -0.480 e. The van der Waals surface area contributed by atoms with Crippen molar-refractivity contribution < 1.29 is 22.8 Å². The van der Waals surface area contributed by atoms with Gasteiger partial charge in [0.2, 0.25) is 10.0 Å². The zero-order valence-electron chi connectivity index (χ0n) is 11.1. The standard InChI is InChI=1S/C11H18N2O5S/c1-7(2)4-10(11(14)15)13-19(16,17)6-9-5-8(3)18-12-9/h5,7,10,13H,4,6H2,1-3H3,(H,14,15)/t10-/m1/s1. The smallest absolute Gasteiger partial charge is 0.321 e. The third-order valence-corrected chi connectivity index (χ3v) is 3.66. The molecule has 108 valence electrons. The van der Waals surface area contributed by atoms with Crippen LogP contribution in [0.15, 0.2) is 10.6 Å². The summed E-state index contributed by atoms with van der Waals surface area (Å²) in [6.07, 6.45) is 0.229. The first-order chi connectivity index (χ1) is 8.69. The van der Waals surface area contributed by atoms with Crippen molar-refractivity contribution in [3.8, 4) is 0 Å². The Labute approximate surface area is 112 Å². The summed E-state index contributed by atoms with van der Waals surface area (Å²) in [4.78, 5) is 11.0. The number of hydrogen-bond donors (Lipinski definition) is 2. The predicted octanol–water partition coefficient (Wildman–Crippen LogP) is 0.902. The Morgan fingerprint density at radius 1 is 1.53 bits per heavy atom. The largest absolute Gasteiger partial charge is 0.480 e. The molecule has 0 unspecified atom stereocenters. The molecule has 0 aliphatic heterocycles. The third-order valence-electron chi connectivity index (χ3n) is 2.34. The number of nitrogens with one attached hydrogen (secondary N) is 1. The number of rotatable bonds is 7. The van der Waals surface area contributed by atoms with Crippen LogP contribution in [0.25, 0.3) is 0 Å². The van der Waals surface area contributed by atoms with Crippen molar-refractivity contribution in [2.24, 2.45) is 5.92 Å². The van der Waals surface area contributed by atoms with Gasteiger partial charge in [-0.2, -0.15) is 0 Å². The van der Waals surface area contributed by atoms with Crippen LogP contribution in [-0.2, 0) is 20.6 Å². The van der Waals surface area contributed by atoms with Crippen molar-refractivity contribution in [2.45, 2.75) is 39.0 Å². The van der Waals surface area contributed by atoms with E-state index in [-0.39, 0.29) is 18.0 Å². The normalized spacial score (nSPS) is 13.7. The maximum Gasteiger partial charge on any atom is 0.321 e. The number of aryl methyl sites for hydroxylation is 1. The number of nitrogens with zero attached hydrogens (tertiary/aromatic N) is 1. The van der Waals surface area contributed by atoms with Crippen molar-refractivity contribution in [2.75, 3.05) is 0 Å². The van der Waals surface area contributed by atoms with Crippen LogP contribution < -0.4 is 4.72 Å². The molecule has 0 spiro atoms. The molecule has 0 saturated carbocycles. The van der Waals surface area contributed by atoms with E-state index >= 15 is 0 Å². The van der Waals surface area contributed by atoms with E-state index in [9.17, 15) is 13.2 Å². The summed E-state index contributed by atoms with van der Waals surface area (Å²) in [6.45, 7) is 5.30. The molecule has 0 fully saturated rings. The van der Waals surface area contributed by atoms with Gasteiger partial charge in [-0.25, -0.2) is 13.1 Å². The Hall–Kier alpha value is -1.41. The maximum atomic E-state index is 11.8. The van der Waals surface area contributed by atoms with Gasteiger partial charge in [0.1, 0.15) is 23.2 Å². The van der Waals surface area contributed by atoms with Gasteiger partial charge in [-0.3, -0.25) is 4.79 Å². The zero-order chi connectivity index (χ0) is 14.6. The average molecular weight is 290 g/mol. The van der Waals surface area contributed by atoms with Gasteiger partial charge in [-0.1, -0.05) is 19.0 Å². The Balaban J connectivity index is 2.74. The summed E-state index contributed by atoms with van der Waals surface area (Å²) in [6, 6.07) is 0.371. The molecule has 1 aromatic rings. The van der Waals surface area contributed by atoms with Crippen LogP contribution in [0.3, 0.4) is 0 Å². The number of carboxylic acid groups (broad SMARTS) is 1. The molecule has 1 atom stereocenters. The van der Waals surface area contributed by atoms with Crippen molar-refractivity contribution in [1.82, 2.24) is 9.88 Å². The fourth-order valence-electron chi connectivity index (χ4n) is 1.61. The highest BCUT2D eigenvalue weighted by Gasteiger charge is 2.25. The third kappa shape index (κ3) is 5.39. The fraction of sp³-hybridized carbons (Fsp3) is 0.636. The number of hydrogen-bond acceptors (Lipinski definition) is 5. The Kier molecular flexibility index (Phi) is 5.07. The zero-order valence-corrected chi connectivity index (χ0v) is 11.9. The van der Waals surface area contributed by atoms with Crippen molar-refractivity contribution in [1.29, 1.82) is 0 Å². The number of carbonyl (C=O) groups is 1. The van der Waals surface area contributed by atoms with E-state index in [1.807, 2.05) is 13.8 Å². The van der Waals surface area contributed by atoms with Crippen LogP contribution in [0.2, 0.25) is 0 Å². The van der Waals surface area contributed by atoms with E-state index in [4.69, 9.17) is 9.63 Å². The van der Waals surface area contributed by atoms with E-state index in [1.165, 1.54) is 6.07 Å².